The summed E-state index contributed by atoms with van der Waals surface area (Å²) in [6.07, 6.45) is 0.992. The van der Waals surface area contributed by atoms with Gasteiger partial charge in [-0.1, -0.05) is 26.0 Å². The van der Waals surface area contributed by atoms with Crippen molar-refractivity contribution in [2.75, 3.05) is 26.2 Å². The zero-order valence-electron chi connectivity index (χ0n) is 18.2. The van der Waals surface area contributed by atoms with Gasteiger partial charge in [-0.2, -0.15) is 0 Å². The van der Waals surface area contributed by atoms with Crippen molar-refractivity contribution in [2.45, 2.75) is 65.2 Å². The summed E-state index contributed by atoms with van der Waals surface area (Å²) in [5, 5.41) is 0. The number of piperidine rings is 1. The van der Waals surface area contributed by atoms with Gasteiger partial charge in [0.25, 0.3) is 0 Å². The molecule has 0 unspecified atom stereocenters. The van der Waals surface area contributed by atoms with Gasteiger partial charge in [-0.05, 0) is 51.3 Å². The Morgan fingerprint density at radius 2 is 1.76 bits per heavy atom. The van der Waals surface area contributed by atoms with Crippen LogP contribution in [0.3, 0.4) is 0 Å². The summed E-state index contributed by atoms with van der Waals surface area (Å²) >= 11 is 0. The lowest BCUT2D eigenvalue weighted by Gasteiger charge is -2.47. The fourth-order valence-electron chi connectivity index (χ4n) is 3.47. The summed E-state index contributed by atoms with van der Waals surface area (Å²) in [7, 11) is 0. The Balaban J connectivity index is 0.00000145. The fourth-order valence-corrected chi connectivity index (χ4v) is 3.47. The van der Waals surface area contributed by atoms with Crippen LogP contribution in [-0.2, 0) is 20.8 Å². The molecule has 162 valence electrons. The zero-order valence-corrected chi connectivity index (χ0v) is 18.2. The van der Waals surface area contributed by atoms with Crippen molar-refractivity contribution < 1.29 is 23.5 Å². The van der Waals surface area contributed by atoms with Crippen LogP contribution in [0.2, 0.25) is 0 Å². The van der Waals surface area contributed by atoms with Gasteiger partial charge in [0.05, 0.1) is 12.1 Å². The third-order valence-corrected chi connectivity index (χ3v) is 4.95. The number of benzene rings is 1. The smallest absolute Gasteiger partial charge is 0.410 e. The van der Waals surface area contributed by atoms with E-state index in [1.807, 2.05) is 34.6 Å². The molecule has 1 aromatic carbocycles. The molecule has 0 bridgehead atoms. The van der Waals surface area contributed by atoms with Crippen molar-refractivity contribution >= 4 is 12.0 Å². The van der Waals surface area contributed by atoms with Gasteiger partial charge in [-0.15, -0.1) is 0 Å². The lowest BCUT2D eigenvalue weighted by atomic mass is 9.89. The highest BCUT2D eigenvalue weighted by atomic mass is 19.1. The number of morpholine rings is 1. The molecule has 2 amide bonds. The monoisotopic (exact) mass is 408 g/mol. The first kappa shape index (κ1) is 23.1. The molecule has 2 aliphatic heterocycles. The first-order chi connectivity index (χ1) is 13.7. The Labute approximate surface area is 172 Å². The minimum Gasteiger partial charge on any atom is -0.444 e. The van der Waals surface area contributed by atoms with Gasteiger partial charge in [0, 0.05) is 19.6 Å². The lowest BCUT2D eigenvalue weighted by molar-refractivity contribution is -0.172. The van der Waals surface area contributed by atoms with Crippen LogP contribution in [0.5, 0.6) is 0 Å². The van der Waals surface area contributed by atoms with Crippen LogP contribution in [0.4, 0.5) is 9.18 Å². The second kappa shape index (κ2) is 9.57. The van der Waals surface area contributed by atoms with Crippen LogP contribution >= 0.6 is 0 Å². The van der Waals surface area contributed by atoms with Crippen LogP contribution in [0.15, 0.2) is 24.3 Å². The van der Waals surface area contributed by atoms with Gasteiger partial charge >= 0.3 is 6.09 Å². The third-order valence-electron chi connectivity index (χ3n) is 4.95. The maximum Gasteiger partial charge on any atom is 0.410 e. The number of hydrogen-bond acceptors (Lipinski definition) is 4. The second-order valence-electron chi connectivity index (χ2n) is 8.32. The molecule has 2 saturated heterocycles. The summed E-state index contributed by atoms with van der Waals surface area (Å²) in [5.74, 6) is -0.363. The van der Waals surface area contributed by atoms with E-state index in [1.165, 1.54) is 12.1 Å². The van der Waals surface area contributed by atoms with Crippen molar-refractivity contribution in [1.82, 2.24) is 9.80 Å². The minimum absolute atomic E-state index is 0.0353. The maximum absolute atomic E-state index is 13.1. The molecule has 0 atom stereocenters. The maximum atomic E-state index is 13.1. The molecular formula is C22H33FN2O4. The van der Waals surface area contributed by atoms with Crippen LogP contribution in [-0.4, -0.2) is 59.2 Å². The van der Waals surface area contributed by atoms with Crippen LogP contribution in [0.1, 0.15) is 53.0 Å². The number of likely N-dealkylation sites (tertiary alicyclic amines) is 1. The molecule has 29 heavy (non-hydrogen) atoms. The highest BCUT2D eigenvalue weighted by Crippen LogP contribution is 2.31. The molecule has 0 N–H and O–H groups in total. The molecule has 0 radical (unpaired) electrons. The Kier molecular flexibility index (Phi) is 7.63. The molecule has 1 spiro atoms. The number of carbonyl (C=O) groups excluding carboxylic acids is 2. The molecular weight excluding hydrogens is 375 g/mol. The molecule has 2 heterocycles. The van der Waals surface area contributed by atoms with E-state index in [-0.39, 0.29) is 24.4 Å². The van der Waals surface area contributed by atoms with Crippen molar-refractivity contribution in [1.29, 1.82) is 0 Å². The minimum atomic E-state index is -0.522. The van der Waals surface area contributed by atoms with Crippen molar-refractivity contribution in [3.63, 3.8) is 0 Å². The second-order valence-corrected chi connectivity index (χ2v) is 8.32. The predicted molar refractivity (Wildman–Crippen MR) is 109 cm³/mol. The summed E-state index contributed by atoms with van der Waals surface area (Å²) in [6, 6.07) is 6.18. The van der Waals surface area contributed by atoms with E-state index in [1.54, 1.807) is 21.9 Å². The summed E-state index contributed by atoms with van der Waals surface area (Å²) < 4.78 is 24.4. The van der Waals surface area contributed by atoms with E-state index in [9.17, 15) is 14.0 Å². The molecule has 1 aromatic rings. The number of amides is 2. The first-order valence-electron chi connectivity index (χ1n) is 10.3. The van der Waals surface area contributed by atoms with Crippen LogP contribution < -0.4 is 0 Å². The van der Waals surface area contributed by atoms with Crippen molar-refractivity contribution in [3.05, 3.63) is 35.6 Å². The van der Waals surface area contributed by atoms with Gasteiger partial charge in [0.15, 0.2) is 0 Å². The zero-order chi connectivity index (χ0) is 21.7. The Hall–Kier alpha value is -2.15. The summed E-state index contributed by atoms with van der Waals surface area (Å²) in [6.45, 7) is 11.6. The molecule has 0 aliphatic carbocycles. The molecule has 2 fully saturated rings. The van der Waals surface area contributed by atoms with Crippen LogP contribution in [0, 0.1) is 5.82 Å². The standard InChI is InChI=1S/C20H27FN2O4.C2H6/c1-19(2,3)27-18(25)22-10-8-20(9-11-22)14-23(17(24)13-26-20)12-15-4-6-16(21)7-5-15;1-2/h4-7H,8-14H2,1-3H3;1-2H3. The van der Waals surface area contributed by atoms with Gasteiger partial charge in [-0.3, -0.25) is 4.79 Å². The largest absolute Gasteiger partial charge is 0.444 e. The van der Waals surface area contributed by atoms with E-state index >= 15 is 0 Å². The number of halogens is 1. The van der Waals surface area contributed by atoms with Gasteiger partial charge in [0.2, 0.25) is 5.91 Å². The van der Waals surface area contributed by atoms with E-state index in [0.717, 1.165) is 5.56 Å². The van der Waals surface area contributed by atoms with E-state index < -0.39 is 11.2 Å². The molecule has 0 aromatic heterocycles. The number of hydrogen-bond donors (Lipinski definition) is 0. The summed E-state index contributed by atoms with van der Waals surface area (Å²) in [5.41, 5.74) is -0.0775. The van der Waals surface area contributed by atoms with E-state index in [4.69, 9.17) is 9.47 Å². The van der Waals surface area contributed by atoms with Crippen molar-refractivity contribution in [3.8, 4) is 0 Å². The first-order valence-corrected chi connectivity index (χ1v) is 10.3. The topological polar surface area (TPSA) is 59.1 Å². The lowest BCUT2D eigenvalue weighted by Crippen LogP contribution is -2.59. The van der Waals surface area contributed by atoms with Crippen LogP contribution in [0.25, 0.3) is 0 Å². The molecule has 6 nitrogen and oxygen atoms in total. The molecule has 7 heteroatoms. The Morgan fingerprint density at radius 1 is 1.17 bits per heavy atom. The van der Waals surface area contributed by atoms with E-state index in [0.29, 0.717) is 39.0 Å². The highest BCUT2D eigenvalue weighted by molar-refractivity contribution is 5.78. The molecule has 2 aliphatic rings. The summed E-state index contributed by atoms with van der Waals surface area (Å²) in [4.78, 5) is 28.0. The quantitative estimate of drug-likeness (QED) is 0.743. The Morgan fingerprint density at radius 3 is 2.31 bits per heavy atom. The predicted octanol–water partition coefficient (Wildman–Crippen LogP) is 3.98. The molecule has 0 saturated carbocycles. The SMILES string of the molecule is CC.CC(C)(C)OC(=O)N1CCC2(CC1)CN(Cc1ccc(F)cc1)C(=O)CO2. The van der Waals surface area contributed by atoms with E-state index in [2.05, 4.69) is 0 Å². The average Bonchev–Trinajstić information content (AvgIpc) is 2.67. The third kappa shape index (κ3) is 6.42. The Bertz CT molecular complexity index is 692. The number of rotatable bonds is 2. The number of nitrogens with zero attached hydrogens (tertiary/aromatic N) is 2. The highest BCUT2D eigenvalue weighted by Gasteiger charge is 2.43. The van der Waals surface area contributed by atoms with Gasteiger partial charge in [-0.25, -0.2) is 9.18 Å². The number of ether oxygens (including phenoxy) is 2. The average molecular weight is 409 g/mol. The van der Waals surface area contributed by atoms with Gasteiger partial charge in [0.1, 0.15) is 18.0 Å². The van der Waals surface area contributed by atoms with Gasteiger partial charge < -0.3 is 19.3 Å². The normalized spacial score (nSPS) is 18.9. The fraction of sp³-hybridized carbons (Fsp3) is 0.636. The number of carbonyl (C=O) groups is 2. The molecule has 3 rings (SSSR count). The van der Waals surface area contributed by atoms with Crippen molar-refractivity contribution in [2.24, 2.45) is 0 Å².